The lowest BCUT2D eigenvalue weighted by Crippen LogP contribution is -2.35. The number of carbonyl (C=O) groups excluding carboxylic acids is 1. The van der Waals surface area contributed by atoms with E-state index in [-0.39, 0.29) is 30.7 Å². The molecule has 0 amide bonds. The van der Waals surface area contributed by atoms with Crippen molar-refractivity contribution in [2.24, 2.45) is 5.92 Å². The third kappa shape index (κ3) is 5.94. The number of nitrogens with one attached hydrogen (secondary N) is 1. The zero-order valence-electron chi connectivity index (χ0n) is 22.1. The number of hydrogen-bond donors (Lipinski definition) is 1. The van der Waals surface area contributed by atoms with Crippen LogP contribution in [0.25, 0.3) is 10.9 Å². The second-order valence-corrected chi connectivity index (χ2v) is 9.69. The van der Waals surface area contributed by atoms with E-state index in [1.807, 2.05) is 44.2 Å². The van der Waals surface area contributed by atoms with Crippen LogP contribution < -0.4 is 5.56 Å². The normalized spacial score (nSPS) is 12.4. The predicted octanol–water partition coefficient (Wildman–Crippen LogP) is 4.09. The van der Waals surface area contributed by atoms with Gasteiger partial charge in [0, 0.05) is 24.0 Å². The summed E-state index contributed by atoms with van der Waals surface area (Å²) in [7, 11) is 0. The minimum absolute atomic E-state index is 0.0758. The molecule has 0 aliphatic rings. The van der Waals surface area contributed by atoms with Gasteiger partial charge in [0.2, 0.25) is 0 Å². The monoisotopic (exact) mass is 502 g/mol. The topological polar surface area (TPSA) is 106 Å². The fraction of sp³-hybridized carbons (Fsp3) is 0.393. The van der Waals surface area contributed by atoms with E-state index < -0.39 is 5.97 Å². The number of aromatic amines is 1. The Kier molecular flexibility index (Phi) is 8.13. The van der Waals surface area contributed by atoms with Gasteiger partial charge in [-0.3, -0.25) is 14.5 Å². The van der Waals surface area contributed by atoms with Crippen molar-refractivity contribution < 1.29 is 9.53 Å². The average molecular weight is 503 g/mol. The fourth-order valence-electron chi connectivity index (χ4n) is 4.77. The van der Waals surface area contributed by atoms with Crippen LogP contribution in [0.3, 0.4) is 0 Å². The van der Waals surface area contributed by atoms with Gasteiger partial charge in [-0.05, 0) is 59.9 Å². The highest BCUT2D eigenvalue weighted by molar-refractivity contribution is 5.85. The Labute approximate surface area is 216 Å². The Morgan fingerprint density at radius 2 is 1.81 bits per heavy atom. The molecule has 9 nitrogen and oxygen atoms in total. The maximum atomic E-state index is 13.3. The molecule has 4 aromatic rings. The van der Waals surface area contributed by atoms with Crippen LogP contribution in [0.5, 0.6) is 0 Å². The maximum Gasteiger partial charge on any atom is 0.327 e. The van der Waals surface area contributed by atoms with Gasteiger partial charge in [-0.25, -0.2) is 4.68 Å². The number of H-pyrrole nitrogens is 1. The minimum Gasteiger partial charge on any atom is -0.465 e. The van der Waals surface area contributed by atoms with Gasteiger partial charge in [0.25, 0.3) is 5.56 Å². The molecule has 9 heteroatoms. The molecule has 0 bridgehead atoms. The second kappa shape index (κ2) is 11.5. The maximum absolute atomic E-state index is 13.3. The molecular formula is C28H34N6O3. The van der Waals surface area contributed by atoms with Crippen molar-refractivity contribution in [1.29, 1.82) is 0 Å². The van der Waals surface area contributed by atoms with E-state index >= 15 is 0 Å². The molecule has 0 unspecified atom stereocenters. The van der Waals surface area contributed by atoms with Crippen LogP contribution in [-0.4, -0.2) is 42.7 Å². The van der Waals surface area contributed by atoms with Crippen molar-refractivity contribution in [2.45, 2.75) is 60.3 Å². The van der Waals surface area contributed by atoms with Gasteiger partial charge in [-0.1, -0.05) is 56.3 Å². The van der Waals surface area contributed by atoms with Crippen LogP contribution in [0.4, 0.5) is 0 Å². The lowest BCUT2D eigenvalue weighted by molar-refractivity contribution is -0.144. The zero-order chi connectivity index (χ0) is 26.5. The first kappa shape index (κ1) is 26.2. The standard InChI is InChI=1S/C28H34N6O3/c1-6-37-24(35)17-34-27(30-31-32-34)26(18(2)3)33(15-21-10-8-7-9-11-21)16-22-14-23-19(4)12-13-20(5)25(23)29-28(22)36/h7-14,18,26H,6,15-17H2,1-5H3,(H,29,36)/t26-/m1/s1. The van der Waals surface area contributed by atoms with Crippen LogP contribution in [0.2, 0.25) is 0 Å². The summed E-state index contributed by atoms with van der Waals surface area (Å²) in [4.78, 5) is 30.8. The Bertz CT molecular complexity index is 1430. The molecule has 2 aromatic carbocycles. The van der Waals surface area contributed by atoms with E-state index in [9.17, 15) is 9.59 Å². The number of nitrogens with zero attached hydrogens (tertiary/aromatic N) is 5. The first-order chi connectivity index (χ1) is 17.8. The Hall–Kier alpha value is -3.85. The number of benzene rings is 2. The predicted molar refractivity (Wildman–Crippen MR) is 142 cm³/mol. The molecule has 0 spiro atoms. The molecule has 0 aliphatic carbocycles. The summed E-state index contributed by atoms with van der Waals surface area (Å²) in [5, 5.41) is 13.3. The number of carbonyl (C=O) groups is 1. The fourth-order valence-corrected chi connectivity index (χ4v) is 4.77. The van der Waals surface area contributed by atoms with Gasteiger partial charge in [-0.15, -0.1) is 5.10 Å². The number of hydrogen-bond acceptors (Lipinski definition) is 7. The highest BCUT2D eigenvalue weighted by Crippen LogP contribution is 2.30. The molecule has 37 heavy (non-hydrogen) atoms. The SMILES string of the molecule is CCOC(=O)Cn1nnnc1[C@@H](C(C)C)N(Cc1ccccc1)Cc1cc2c(C)ccc(C)c2[nH]c1=O. The molecule has 1 N–H and O–H groups in total. The number of esters is 1. The largest absolute Gasteiger partial charge is 0.465 e. The van der Waals surface area contributed by atoms with Crippen molar-refractivity contribution in [2.75, 3.05) is 6.61 Å². The van der Waals surface area contributed by atoms with Crippen molar-refractivity contribution >= 4 is 16.9 Å². The Balaban J connectivity index is 1.78. The van der Waals surface area contributed by atoms with E-state index in [1.165, 1.54) is 4.68 Å². The Morgan fingerprint density at radius 3 is 2.51 bits per heavy atom. The van der Waals surface area contributed by atoms with E-state index in [2.05, 4.69) is 57.5 Å². The Morgan fingerprint density at radius 1 is 1.08 bits per heavy atom. The molecule has 2 aromatic heterocycles. The molecule has 0 fully saturated rings. The number of aromatic nitrogens is 5. The second-order valence-electron chi connectivity index (χ2n) is 9.69. The van der Waals surface area contributed by atoms with Gasteiger partial charge in [0.1, 0.15) is 6.54 Å². The van der Waals surface area contributed by atoms with Crippen molar-refractivity contribution in [3.05, 3.63) is 87.0 Å². The van der Waals surface area contributed by atoms with Crippen LogP contribution in [0, 0.1) is 19.8 Å². The number of tetrazole rings is 1. The lowest BCUT2D eigenvalue weighted by Gasteiger charge is -2.33. The number of pyridine rings is 1. The first-order valence-corrected chi connectivity index (χ1v) is 12.6. The number of ether oxygens (including phenoxy) is 1. The highest BCUT2D eigenvalue weighted by Gasteiger charge is 2.30. The molecule has 0 saturated carbocycles. The number of fused-ring (bicyclic) bond motifs is 1. The smallest absolute Gasteiger partial charge is 0.327 e. The summed E-state index contributed by atoms with van der Waals surface area (Å²) in [6.45, 7) is 11.1. The van der Waals surface area contributed by atoms with Gasteiger partial charge in [0.05, 0.1) is 18.2 Å². The molecule has 0 saturated heterocycles. The molecule has 0 aliphatic heterocycles. The zero-order valence-corrected chi connectivity index (χ0v) is 22.1. The lowest BCUT2D eigenvalue weighted by atomic mass is 9.99. The van der Waals surface area contributed by atoms with E-state index in [1.54, 1.807) is 6.92 Å². The third-order valence-electron chi connectivity index (χ3n) is 6.56. The minimum atomic E-state index is -0.398. The molecular weight excluding hydrogens is 468 g/mol. The van der Waals surface area contributed by atoms with E-state index in [0.717, 1.165) is 27.6 Å². The molecule has 1 atom stereocenters. The molecule has 2 heterocycles. The van der Waals surface area contributed by atoms with Gasteiger partial charge < -0.3 is 9.72 Å². The quantitative estimate of drug-likeness (QED) is 0.326. The van der Waals surface area contributed by atoms with Crippen molar-refractivity contribution in [1.82, 2.24) is 30.1 Å². The number of aryl methyl sites for hydroxylation is 2. The van der Waals surface area contributed by atoms with Crippen LogP contribution in [-0.2, 0) is 29.2 Å². The summed E-state index contributed by atoms with van der Waals surface area (Å²) in [6.07, 6.45) is 0. The molecule has 0 radical (unpaired) electrons. The van der Waals surface area contributed by atoms with Crippen LogP contribution >= 0.6 is 0 Å². The summed E-state index contributed by atoms with van der Waals surface area (Å²) >= 11 is 0. The van der Waals surface area contributed by atoms with Gasteiger partial charge >= 0.3 is 5.97 Å². The van der Waals surface area contributed by atoms with Crippen molar-refractivity contribution in [3.63, 3.8) is 0 Å². The summed E-state index contributed by atoms with van der Waals surface area (Å²) < 4.78 is 6.62. The van der Waals surface area contributed by atoms with E-state index in [4.69, 9.17) is 4.74 Å². The first-order valence-electron chi connectivity index (χ1n) is 12.6. The van der Waals surface area contributed by atoms with Crippen LogP contribution in [0.1, 0.15) is 54.9 Å². The highest BCUT2D eigenvalue weighted by atomic mass is 16.5. The third-order valence-corrected chi connectivity index (χ3v) is 6.56. The number of rotatable bonds is 10. The van der Waals surface area contributed by atoms with Crippen LogP contribution in [0.15, 0.2) is 53.3 Å². The summed E-state index contributed by atoms with van der Waals surface area (Å²) in [5.41, 5.74) is 4.64. The van der Waals surface area contributed by atoms with Crippen molar-refractivity contribution in [3.8, 4) is 0 Å². The molecule has 194 valence electrons. The van der Waals surface area contributed by atoms with Gasteiger partial charge in [-0.2, -0.15) is 0 Å². The summed E-state index contributed by atoms with van der Waals surface area (Å²) in [5.74, 6) is 0.243. The summed E-state index contributed by atoms with van der Waals surface area (Å²) in [6, 6.07) is 15.9. The molecule has 4 rings (SSSR count). The van der Waals surface area contributed by atoms with E-state index in [0.29, 0.717) is 24.5 Å². The average Bonchev–Trinajstić information content (AvgIpc) is 3.30. The van der Waals surface area contributed by atoms with Gasteiger partial charge in [0.15, 0.2) is 5.82 Å².